The van der Waals surface area contributed by atoms with Gasteiger partial charge in [-0.1, -0.05) is 0 Å². The number of hydrogen-bond acceptors (Lipinski definition) is 6. The van der Waals surface area contributed by atoms with E-state index in [1.165, 1.54) is 15.6 Å². The molecule has 1 aliphatic heterocycles. The number of rotatable bonds is 4. The van der Waals surface area contributed by atoms with Gasteiger partial charge in [0.15, 0.2) is 15.8 Å². The molecule has 3 rings (SSSR count). The van der Waals surface area contributed by atoms with Crippen LogP contribution in [0.1, 0.15) is 19.8 Å². The Morgan fingerprint density at radius 1 is 1.48 bits per heavy atom. The number of imidazole rings is 1. The lowest BCUT2D eigenvalue weighted by Crippen LogP contribution is -2.41. The number of anilines is 1. The maximum absolute atomic E-state index is 12.8. The molecule has 21 heavy (non-hydrogen) atoms. The van der Waals surface area contributed by atoms with Crippen molar-refractivity contribution in [2.45, 2.75) is 30.9 Å². The van der Waals surface area contributed by atoms with Crippen molar-refractivity contribution in [1.29, 1.82) is 0 Å². The fourth-order valence-corrected chi connectivity index (χ4v) is 5.06. The molecule has 9 heteroatoms. The zero-order valence-electron chi connectivity index (χ0n) is 11.7. The van der Waals surface area contributed by atoms with Gasteiger partial charge in [-0.05, 0) is 19.8 Å². The Kier molecular flexibility index (Phi) is 3.91. The molecule has 1 fully saturated rings. The van der Waals surface area contributed by atoms with Crippen LogP contribution in [-0.2, 0) is 14.8 Å². The summed E-state index contributed by atoms with van der Waals surface area (Å²) in [4.78, 5) is 4.70. The summed E-state index contributed by atoms with van der Waals surface area (Å²) in [6, 6.07) is 0. The molecular formula is C12H18N4O3S2. The lowest BCUT2D eigenvalue weighted by atomic mass is 10.1. The Morgan fingerprint density at radius 3 is 2.86 bits per heavy atom. The van der Waals surface area contributed by atoms with Crippen LogP contribution in [0.25, 0.3) is 4.96 Å². The van der Waals surface area contributed by atoms with Gasteiger partial charge in [-0.2, -0.15) is 4.31 Å². The first-order valence-electron chi connectivity index (χ1n) is 6.86. The summed E-state index contributed by atoms with van der Waals surface area (Å²) in [5, 5.41) is 1.87. The van der Waals surface area contributed by atoms with Crippen molar-refractivity contribution in [3.8, 4) is 0 Å². The number of ether oxygens (including phenoxy) is 1. The molecule has 0 aliphatic carbocycles. The Labute approximate surface area is 127 Å². The number of hydrogen-bond donors (Lipinski definition) is 1. The highest BCUT2D eigenvalue weighted by Gasteiger charge is 2.34. The lowest BCUT2D eigenvalue weighted by molar-refractivity contribution is 0.0290. The summed E-state index contributed by atoms with van der Waals surface area (Å²) < 4.78 is 34.2. The van der Waals surface area contributed by atoms with Crippen LogP contribution in [0.15, 0.2) is 16.6 Å². The lowest BCUT2D eigenvalue weighted by Gasteiger charge is -2.30. The molecule has 7 nitrogen and oxygen atoms in total. The van der Waals surface area contributed by atoms with Gasteiger partial charge in [0.05, 0.1) is 6.10 Å². The number of aromatic nitrogens is 2. The monoisotopic (exact) mass is 330 g/mol. The molecule has 0 aromatic carbocycles. The van der Waals surface area contributed by atoms with Gasteiger partial charge in [0.25, 0.3) is 10.0 Å². The molecule has 1 aliphatic rings. The first kappa shape index (κ1) is 14.8. The summed E-state index contributed by atoms with van der Waals surface area (Å²) in [5.41, 5.74) is 5.81. The Balaban J connectivity index is 1.88. The second-order valence-electron chi connectivity index (χ2n) is 4.92. The summed E-state index contributed by atoms with van der Waals surface area (Å²) in [5.74, 6) is 0.0637. The van der Waals surface area contributed by atoms with Crippen LogP contribution in [0, 0.1) is 0 Å². The molecule has 0 spiro atoms. The summed E-state index contributed by atoms with van der Waals surface area (Å²) in [6.07, 6.45) is 3.24. The minimum Gasteiger partial charge on any atom is -0.381 e. The van der Waals surface area contributed by atoms with Crippen LogP contribution < -0.4 is 5.73 Å². The number of piperidine rings is 1. The summed E-state index contributed by atoms with van der Waals surface area (Å²) in [7, 11) is -3.62. The smallest absolute Gasteiger partial charge is 0.262 e. The van der Waals surface area contributed by atoms with Gasteiger partial charge >= 0.3 is 0 Å². The second-order valence-corrected chi connectivity index (χ2v) is 7.64. The second kappa shape index (κ2) is 5.56. The number of thiazole rings is 1. The van der Waals surface area contributed by atoms with Gasteiger partial charge in [0.1, 0.15) is 0 Å². The number of nitrogens with two attached hydrogens (primary N) is 1. The third kappa shape index (κ3) is 2.54. The molecule has 0 bridgehead atoms. The Bertz CT molecular complexity index is 729. The van der Waals surface area contributed by atoms with Gasteiger partial charge in [-0.15, -0.1) is 11.3 Å². The van der Waals surface area contributed by atoms with Gasteiger partial charge < -0.3 is 10.5 Å². The molecule has 0 amide bonds. The van der Waals surface area contributed by atoms with Crippen LogP contribution in [0.3, 0.4) is 0 Å². The Morgan fingerprint density at radius 2 is 2.19 bits per heavy atom. The topological polar surface area (TPSA) is 89.9 Å². The highest BCUT2D eigenvalue weighted by atomic mass is 32.2. The predicted octanol–water partition coefficient (Wildman–Crippen LogP) is 1.17. The van der Waals surface area contributed by atoms with Crippen molar-refractivity contribution in [2.24, 2.45) is 0 Å². The van der Waals surface area contributed by atoms with Crippen molar-refractivity contribution in [1.82, 2.24) is 13.7 Å². The van der Waals surface area contributed by atoms with Crippen LogP contribution in [0.4, 0.5) is 5.82 Å². The van der Waals surface area contributed by atoms with Crippen molar-refractivity contribution in [3.63, 3.8) is 0 Å². The zero-order chi connectivity index (χ0) is 15.0. The molecule has 2 aromatic rings. The quantitative estimate of drug-likeness (QED) is 0.909. The molecule has 1 saturated heterocycles. The normalized spacial score (nSPS) is 18.5. The van der Waals surface area contributed by atoms with Crippen molar-refractivity contribution < 1.29 is 13.2 Å². The van der Waals surface area contributed by atoms with E-state index in [1.807, 2.05) is 6.92 Å². The van der Waals surface area contributed by atoms with Gasteiger partial charge in [0, 0.05) is 31.3 Å². The molecular weight excluding hydrogens is 312 g/mol. The molecule has 2 N–H and O–H groups in total. The average Bonchev–Trinajstić information content (AvgIpc) is 2.99. The number of fused-ring (bicyclic) bond motifs is 1. The van der Waals surface area contributed by atoms with E-state index in [1.54, 1.807) is 16.0 Å². The highest BCUT2D eigenvalue weighted by molar-refractivity contribution is 7.89. The van der Waals surface area contributed by atoms with E-state index in [0.29, 0.717) is 37.5 Å². The van der Waals surface area contributed by atoms with E-state index in [9.17, 15) is 8.42 Å². The van der Waals surface area contributed by atoms with Crippen molar-refractivity contribution in [3.05, 3.63) is 11.6 Å². The maximum Gasteiger partial charge on any atom is 0.262 e. The minimum atomic E-state index is -3.62. The summed E-state index contributed by atoms with van der Waals surface area (Å²) >= 11 is 1.36. The predicted molar refractivity (Wildman–Crippen MR) is 80.9 cm³/mol. The van der Waals surface area contributed by atoms with E-state index in [0.717, 1.165) is 0 Å². The molecule has 3 heterocycles. The number of sulfonamides is 1. The molecule has 2 aromatic heterocycles. The maximum atomic E-state index is 12.8. The van der Waals surface area contributed by atoms with E-state index in [-0.39, 0.29) is 16.9 Å². The molecule has 0 saturated carbocycles. The minimum absolute atomic E-state index is 0.0637. The average molecular weight is 330 g/mol. The van der Waals surface area contributed by atoms with Crippen molar-refractivity contribution in [2.75, 3.05) is 25.4 Å². The van der Waals surface area contributed by atoms with Gasteiger partial charge in [-0.25, -0.2) is 13.4 Å². The first-order chi connectivity index (χ1) is 10.0. The first-order valence-corrected chi connectivity index (χ1v) is 9.18. The fourth-order valence-electron chi connectivity index (χ4n) is 2.64. The summed E-state index contributed by atoms with van der Waals surface area (Å²) in [6.45, 7) is 3.50. The zero-order valence-corrected chi connectivity index (χ0v) is 13.4. The van der Waals surface area contributed by atoms with E-state index >= 15 is 0 Å². The standard InChI is InChI=1S/C12H18N4O3S2/c1-2-19-9-3-5-15(6-4-9)21(17,18)11-10(13)14-12-16(11)7-8-20-12/h7-9H,2-6,13H2,1H3. The third-order valence-corrected chi connectivity index (χ3v) is 6.33. The molecule has 0 atom stereocenters. The van der Waals surface area contributed by atoms with Gasteiger partial charge in [0.2, 0.25) is 0 Å². The van der Waals surface area contributed by atoms with Crippen molar-refractivity contribution >= 4 is 32.1 Å². The number of nitrogens with zero attached hydrogens (tertiary/aromatic N) is 3. The van der Waals surface area contributed by atoms with Crippen LogP contribution in [0.2, 0.25) is 0 Å². The van der Waals surface area contributed by atoms with E-state index in [2.05, 4.69) is 4.98 Å². The highest BCUT2D eigenvalue weighted by Crippen LogP contribution is 2.28. The van der Waals surface area contributed by atoms with E-state index < -0.39 is 10.0 Å². The van der Waals surface area contributed by atoms with Crippen LogP contribution in [0.5, 0.6) is 0 Å². The Hall–Kier alpha value is -1.16. The van der Waals surface area contributed by atoms with Gasteiger partial charge in [-0.3, -0.25) is 4.40 Å². The molecule has 116 valence electrons. The van der Waals surface area contributed by atoms with Crippen LogP contribution in [-0.4, -0.2) is 47.9 Å². The third-order valence-electron chi connectivity index (χ3n) is 3.63. The molecule has 0 unspecified atom stereocenters. The molecule has 0 radical (unpaired) electrons. The number of nitrogen functional groups attached to an aromatic ring is 1. The van der Waals surface area contributed by atoms with Crippen LogP contribution >= 0.6 is 11.3 Å². The fraction of sp³-hybridized carbons (Fsp3) is 0.583. The van der Waals surface area contributed by atoms with E-state index in [4.69, 9.17) is 10.5 Å². The SMILES string of the molecule is CCOC1CCN(S(=O)(=O)c2c(N)nc3sccn23)CC1. The largest absolute Gasteiger partial charge is 0.381 e.